The van der Waals surface area contributed by atoms with Crippen LogP contribution < -0.4 is 4.74 Å². The molecule has 0 saturated carbocycles. The number of benzene rings is 3. The summed E-state index contributed by atoms with van der Waals surface area (Å²) in [6.45, 7) is 0.0165. The minimum Gasteiger partial charge on any atom is -0.489 e. The average Bonchev–Trinajstić information content (AvgIpc) is 2.58. The van der Waals surface area contributed by atoms with Crippen molar-refractivity contribution in [1.82, 2.24) is 0 Å². The monoisotopic (exact) mass is 400 g/mol. The van der Waals surface area contributed by atoms with Crippen LogP contribution in [0.5, 0.6) is 5.75 Å². The maximum absolute atomic E-state index is 14.3. The first-order valence-electron chi connectivity index (χ1n) is 7.89. The quantitative estimate of drug-likeness (QED) is 0.454. The molecule has 0 amide bonds. The molecule has 0 unspecified atom stereocenters. The summed E-state index contributed by atoms with van der Waals surface area (Å²) in [6, 6.07) is 10.8. The van der Waals surface area contributed by atoms with E-state index in [1.807, 2.05) is 0 Å². The summed E-state index contributed by atoms with van der Waals surface area (Å²) in [5, 5.41) is 0. The zero-order valence-corrected chi connectivity index (χ0v) is 14.0. The first-order chi connectivity index (χ1) is 13.2. The van der Waals surface area contributed by atoms with Crippen LogP contribution in [0.25, 0.3) is 11.1 Å². The number of rotatable bonds is 4. The van der Waals surface area contributed by atoms with E-state index < -0.39 is 46.1 Å². The van der Waals surface area contributed by atoms with Gasteiger partial charge in [-0.15, -0.1) is 0 Å². The Bertz CT molecular complexity index is 951. The number of hydrogen-bond acceptors (Lipinski definition) is 1. The predicted octanol–water partition coefficient (Wildman–Crippen LogP) is 6.51. The van der Waals surface area contributed by atoms with Gasteiger partial charge in [0.15, 0.2) is 0 Å². The lowest BCUT2D eigenvalue weighted by Gasteiger charge is -2.13. The fourth-order valence-electron chi connectivity index (χ4n) is 2.64. The van der Waals surface area contributed by atoms with Gasteiger partial charge in [0.25, 0.3) is 0 Å². The van der Waals surface area contributed by atoms with E-state index in [0.29, 0.717) is 0 Å². The van der Waals surface area contributed by atoms with Gasteiger partial charge in [0, 0.05) is 12.1 Å². The Labute approximate surface area is 155 Å². The summed E-state index contributed by atoms with van der Waals surface area (Å²) < 4.78 is 99.3. The summed E-state index contributed by atoms with van der Waals surface area (Å²) in [7, 11) is 0. The standard InChI is InChI=1S/C20H11F7O/c21-14-8-13(28-10-11-4-2-1-3-5-11)9-15(22)18(14)12-6-16(23)19(17(24)7-12)20(25,26)27/h1-9H,10H2. The molecule has 0 aromatic heterocycles. The molecule has 0 atom stereocenters. The largest absolute Gasteiger partial charge is 0.489 e. The van der Waals surface area contributed by atoms with Crippen molar-refractivity contribution in [2.45, 2.75) is 12.8 Å². The Kier molecular flexibility index (Phi) is 5.31. The molecule has 3 rings (SSSR count). The normalized spacial score (nSPS) is 11.5. The molecule has 0 saturated heterocycles. The number of ether oxygens (including phenoxy) is 1. The first-order valence-corrected chi connectivity index (χ1v) is 7.89. The van der Waals surface area contributed by atoms with Crippen LogP contribution in [0, 0.1) is 23.3 Å². The molecular formula is C20H11F7O. The summed E-state index contributed by atoms with van der Waals surface area (Å²) in [4.78, 5) is 0. The van der Waals surface area contributed by atoms with Crippen molar-refractivity contribution in [1.29, 1.82) is 0 Å². The van der Waals surface area contributed by atoms with Gasteiger partial charge in [-0.1, -0.05) is 30.3 Å². The SMILES string of the molecule is Fc1cc(OCc2ccccc2)cc(F)c1-c1cc(F)c(C(F)(F)F)c(F)c1. The molecule has 1 nitrogen and oxygen atoms in total. The van der Waals surface area contributed by atoms with Crippen molar-refractivity contribution in [3.8, 4) is 16.9 Å². The second kappa shape index (κ2) is 7.53. The van der Waals surface area contributed by atoms with Gasteiger partial charge in [-0.05, 0) is 23.3 Å². The smallest absolute Gasteiger partial charge is 0.422 e. The molecule has 0 fully saturated rings. The Morgan fingerprint density at radius 2 is 1.25 bits per heavy atom. The van der Waals surface area contributed by atoms with E-state index in [4.69, 9.17) is 4.74 Å². The van der Waals surface area contributed by atoms with E-state index in [1.54, 1.807) is 30.3 Å². The first kappa shape index (κ1) is 19.7. The second-order valence-electron chi connectivity index (χ2n) is 5.85. The molecule has 0 spiro atoms. The topological polar surface area (TPSA) is 9.23 Å². The lowest BCUT2D eigenvalue weighted by Crippen LogP contribution is -2.11. The van der Waals surface area contributed by atoms with Gasteiger partial charge in [-0.2, -0.15) is 13.2 Å². The van der Waals surface area contributed by atoms with Crippen LogP contribution in [0.1, 0.15) is 11.1 Å². The Morgan fingerprint density at radius 3 is 1.75 bits per heavy atom. The fraction of sp³-hybridized carbons (Fsp3) is 0.100. The van der Waals surface area contributed by atoms with Gasteiger partial charge in [-0.3, -0.25) is 0 Å². The lowest BCUT2D eigenvalue weighted by atomic mass is 10.0. The predicted molar refractivity (Wildman–Crippen MR) is 87.5 cm³/mol. The third kappa shape index (κ3) is 4.11. The molecular weight excluding hydrogens is 389 g/mol. The van der Waals surface area contributed by atoms with Gasteiger partial charge < -0.3 is 4.74 Å². The molecule has 146 valence electrons. The maximum atomic E-state index is 14.3. The van der Waals surface area contributed by atoms with Gasteiger partial charge in [0.05, 0.1) is 5.56 Å². The van der Waals surface area contributed by atoms with Crippen LogP contribution in [-0.2, 0) is 12.8 Å². The van der Waals surface area contributed by atoms with Crippen molar-refractivity contribution >= 4 is 0 Å². The molecule has 3 aromatic carbocycles. The van der Waals surface area contributed by atoms with E-state index in [-0.39, 0.29) is 24.5 Å². The van der Waals surface area contributed by atoms with E-state index in [1.165, 1.54) is 0 Å². The summed E-state index contributed by atoms with van der Waals surface area (Å²) >= 11 is 0. The van der Waals surface area contributed by atoms with Gasteiger partial charge in [0.2, 0.25) is 0 Å². The molecule has 0 aliphatic heterocycles. The van der Waals surface area contributed by atoms with Crippen molar-refractivity contribution < 1.29 is 35.5 Å². The van der Waals surface area contributed by atoms with Gasteiger partial charge >= 0.3 is 6.18 Å². The van der Waals surface area contributed by atoms with Crippen molar-refractivity contribution in [2.24, 2.45) is 0 Å². The van der Waals surface area contributed by atoms with Crippen LogP contribution >= 0.6 is 0 Å². The summed E-state index contributed by atoms with van der Waals surface area (Å²) in [5.41, 5.74) is -2.95. The van der Waals surface area contributed by atoms with Crippen LogP contribution in [0.15, 0.2) is 54.6 Å². The third-order valence-corrected chi connectivity index (χ3v) is 3.88. The molecule has 8 heteroatoms. The van der Waals surface area contributed by atoms with Crippen LogP contribution in [0.3, 0.4) is 0 Å². The third-order valence-electron chi connectivity index (χ3n) is 3.88. The van der Waals surface area contributed by atoms with E-state index in [0.717, 1.165) is 17.7 Å². The minimum atomic E-state index is -5.28. The highest BCUT2D eigenvalue weighted by molar-refractivity contribution is 5.66. The molecule has 0 radical (unpaired) electrons. The zero-order chi connectivity index (χ0) is 20.5. The van der Waals surface area contributed by atoms with Crippen LogP contribution in [0.2, 0.25) is 0 Å². The lowest BCUT2D eigenvalue weighted by molar-refractivity contribution is -0.142. The van der Waals surface area contributed by atoms with Gasteiger partial charge in [-0.25, -0.2) is 17.6 Å². The fourth-order valence-corrected chi connectivity index (χ4v) is 2.64. The Hall–Kier alpha value is -3.03. The van der Waals surface area contributed by atoms with E-state index >= 15 is 0 Å². The molecule has 0 aliphatic rings. The number of hydrogen-bond donors (Lipinski definition) is 0. The van der Waals surface area contributed by atoms with Crippen LogP contribution in [-0.4, -0.2) is 0 Å². The van der Waals surface area contributed by atoms with E-state index in [2.05, 4.69) is 0 Å². The highest BCUT2D eigenvalue weighted by Gasteiger charge is 2.38. The molecule has 0 heterocycles. The van der Waals surface area contributed by atoms with Crippen molar-refractivity contribution in [2.75, 3.05) is 0 Å². The number of halogens is 7. The van der Waals surface area contributed by atoms with Crippen LogP contribution in [0.4, 0.5) is 30.7 Å². The van der Waals surface area contributed by atoms with Crippen molar-refractivity contribution in [3.63, 3.8) is 0 Å². The molecule has 0 bridgehead atoms. The van der Waals surface area contributed by atoms with Crippen molar-refractivity contribution in [3.05, 3.63) is 89.0 Å². The number of alkyl halides is 3. The Morgan fingerprint density at radius 1 is 0.714 bits per heavy atom. The summed E-state index contributed by atoms with van der Waals surface area (Å²) in [5.74, 6) is -6.59. The minimum absolute atomic E-state index is 0.0165. The Balaban J connectivity index is 1.93. The zero-order valence-electron chi connectivity index (χ0n) is 14.0. The van der Waals surface area contributed by atoms with Gasteiger partial charge in [0.1, 0.15) is 41.2 Å². The maximum Gasteiger partial charge on any atom is 0.422 e. The molecule has 0 aliphatic carbocycles. The summed E-state index contributed by atoms with van der Waals surface area (Å²) in [6.07, 6.45) is -5.28. The highest BCUT2D eigenvalue weighted by Crippen LogP contribution is 2.37. The molecule has 28 heavy (non-hydrogen) atoms. The highest BCUT2D eigenvalue weighted by atomic mass is 19.4. The van der Waals surface area contributed by atoms with E-state index in [9.17, 15) is 30.7 Å². The second-order valence-corrected chi connectivity index (χ2v) is 5.85. The molecule has 0 N–H and O–H groups in total. The molecule has 3 aromatic rings. The average molecular weight is 400 g/mol.